The van der Waals surface area contributed by atoms with Crippen LogP contribution >= 0.6 is 0 Å². The predicted octanol–water partition coefficient (Wildman–Crippen LogP) is 5.20. The molecular formula is C37H40N4O5. The molecule has 9 nitrogen and oxygen atoms in total. The van der Waals surface area contributed by atoms with Crippen LogP contribution in [0.5, 0.6) is 5.75 Å². The van der Waals surface area contributed by atoms with Crippen molar-refractivity contribution >= 4 is 34.9 Å². The maximum atomic E-state index is 13.8. The van der Waals surface area contributed by atoms with Crippen LogP contribution < -0.4 is 26.0 Å². The van der Waals surface area contributed by atoms with Crippen molar-refractivity contribution in [2.45, 2.75) is 45.3 Å². The number of anilines is 2. The Balaban J connectivity index is 1.52. The maximum absolute atomic E-state index is 13.8. The monoisotopic (exact) mass is 620 g/mol. The summed E-state index contributed by atoms with van der Waals surface area (Å²) in [5.74, 6) is -1.94. The summed E-state index contributed by atoms with van der Waals surface area (Å²) in [5, 5.41) is 11.6. The van der Waals surface area contributed by atoms with Gasteiger partial charge in [0.1, 0.15) is 17.8 Å². The minimum atomic E-state index is -1.14. The van der Waals surface area contributed by atoms with Crippen molar-refractivity contribution in [2.24, 2.45) is 5.92 Å². The number of methoxy groups -OCH3 is 1. The zero-order valence-corrected chi connectivity index (χ0v) is 26.3. The third kappa shape index (κ3) is 9.53. The largest absolute Gasteiger partial charge is 0.495 e. The van der Waals surface area contributed by atoms with E-state index in [4.69, 9.17) is 4.74 Å². The summed E-state index contributed by atoms with van der Waals surface area (Å²) < 4.78 is 5.44. The summed E-state index contributed by atoms with van der Waals surface area (Å²) in [5.41, 5.74) is 3.15. The zero-order chi connectivity index (χ0) is 32.9. The number of para-hydroxylation sites is 3. The fraction of sp³-hybridized carbons (Fsp3) is 0.243. The van der Waals surface area contributed by atoms with Crippen molar-refractivity contribution in [1.29, 1.82) is 0 Å². The van der Waals surface area contributed by atoms with E-state index in [2.05, 4.69) is 21.3 Å². The van der Waals surface area contributed by atoms with Crippen molar-refractivity contribution in [3.05, 3.63) is 126 Å². The van der Waals surface area contributed by atoms with Gasteiger partial charge in [-0.15, -0.1) is 0 Å². The predicted molar refractivity (Wildman–Crippen MR) is 179 cm³/mol. The van der Waals surface area contributed by atoms with E-state index in [9.17, 15) is 19.2 Å². The van der Waals surface area contributed by atoms with Crippen LogP contribution in [0.1, 0.15) is 41.8 Å². The lowest BCUT2D eigenvalue weighted by Gasteiger charge is -2.24. The highest BCUT2D eigenvalue weighted by molar-refractivity contribution is 6.38. The molecule has 4 rings (SSSR count). The standard InChI is InChI=1S/C37H40N4O5/c1-25(2)22-32(41-35(43)28-18-10-11-19-29(28)39-30-20-12-13-21-33(30)46-3)36(44)40-31(23-26-14-6-4-7-15-26)34(42)37(45)38-24-27-16-8-5-9-17-27/h4-21,25,31-32,39H,22-24H2,1-3H3,(H,38,45)(H,40,44)(H,41,43)/t31-,32-/m0/s1. The average molecular weight is 621 g/mol. The van der Waals surface area contributed by atoms with E-state index in [1.807, 2.05) is 98.8 Å². The Hall–Kier alpha value is -5.44. The van der Waals surface area contributed by atoms with E-state index in [-0.39, 0.29) is 18.9 Å². The Morgan fingerprint density at radius 3 is 1.91 bits per heavy atom. The van der Waals surface area contributed by atoms with Gasteiger partial charge >= 0.3 is 0 Å². The van der Waals surface area contributed by atoms with Crippen molar-refractivity contribution < 1.29 is 23.9 Å². The molecule has 4 aromatic rings. The number of nitrogens with one attached hydrogen (secondary N) is 4. The SMILES string of the molecule is COc1ccccc1Nc1ccccc1C(=O)N[C@@H](CC(C)C)C(=O)N[C@@H](Cc1ccccc1)C(=O)C(=O)NCc1ccccc1. The van der Waals surface area contributed by atoms with Crippen LogP contribution in [0.3, 0.4) is 0 Å². The number of carbonyl (C=O) groups is 4. The minimum absolute atomic E-state index is 0.0374. The summed E-state index contributed by atoms with van der Waals surface area (Å²) in [6, 6.07) is 30.6. The molecule has 238 valence electrons. The van der Waals surface area contributed by atoms with Gasteiger partial charge < -0.3 is 26.0 Å². The molecule has 46 heavy (non-hydrogen) atoms. The molecule has 0 heterocycles. The highest BCUT2D eigenvalue weighted by Crippen LogP contribution is 2.28. The molecule has 0 aromatic heterocycles. The first-order valence-corrected chi connectivity index (χ1v) is 15.2. The minimum Gasteiger partial charge on any atom is -0.495 e. The first-order valence-electron chi connectivity index (χ1n) is 15.2. The number of amides is 3. The Labute approximate surface area is 269 Å². The van der Waals surface area contributed by atoms with E-state index in [0.717, 1.165) is 11.1 Å². The zero-order valence-electron chi connectivity index (χ0n) is 26.3. The molecule has 0 radical (unpaired) electrons. The summed E-state index contributed by atoms with van der Waals surface area (Å²) >= 11 is 0. The van der Waals surface area contributed by atoms with Gasteiger partial charge in [-0.05, 0) is 47.7 Å². The third-order valence-electron chi connectivity index (χ3n) is 7.31. The van der Waals surface area contributed by atoms with E-state index in [0.29, 0.717) is 29.1 Å². The van der Waals surface area contributed by atoms with Crippen LogP contribution in [0, 0.1) is 5.92 Å². The molecule has 0 aliphatic heterocycles. The van der Waals surface area contributed by atoms with Gasteiger partial charge in [0.25, 0.3) is 11.8 Å². The van der Waals surface area contributed by atoms with E-state index < -0.39 is 35.6 Å². The molecule has 0 saturated heterocycles. The Morgan fingerprint density at radius 1 is 0.674 bits per heavy atom. The fourth-order valence-electron chi connectivity index (χ4n) is 4.98. The van der Waals surface area contributed by atoms with E-state index >= 15 is 0 Å². The van der Waals surface area contributed by atoms with Gasteiger partial charge in [0, 0.05) is 13.0 Å². The molecule has 0 saturated carbocycles. The Morgan fingerprint density at radius 2 is 1.26 bits per heavy atom. The highest BCUT2D eigenvalue weighted by Gasteiger charge is 2.31. The number of ether oxygens (including phenoxy) is 1. The van der Waals surface area contributed by atoms with Gasteiger partial charge in [-0.2, -0.15) is 0 Å². The first-order chi connectivity index (χ1) is 22.2. The average Bonchev–Trinajstić information content (AvgIpc) is 3.07. The number of Topliss-reactive ketones (excluding diaryl/α,β-unsaturated/α-hetero) is 1. The number of hydrogen-bond acceptors (Lipinski definition) is 6. The molecule has 9 heteroatoms. The van der Waals surface area contributed by atoms with Crippen LogP contribution in [0.2, 0.25) is 0 Å². The lowest BCUT2D eigenvalue weighted by Crippen LogP contribution is -2.54. The van der Waals surface area contributed by atoms with Crippen LogP contribution in [-0.2, 0) is 27.3 Å². The molecule has 4 aromatic carbocycles. The van der Waals surface area contributed by atoms with Gasteiger partial charge in [0.05, 0.1) is 24.0 Å². The lowest BCUT2D eigenvalue weighted by molar-refractivity contribution is -0.140. The summed E-state index contributed by atoms with van der Waals surface area (Å²) in [6.45, 7) is 4.05. The third-order valence-corrected chi connectivity index (χ3v) is 7.31. The number of carbonyl (C=O) groups excluding carboxylic acids is 4. The smallest absolute Gasteiger partial charge is 0.289 e. The summed E-state index contributed by atoms with van der Waals surface area (Å²) in [4.78, 5) is 53.8. The fourth-order valence-corrected chi connectivity index (χ4v) is 4.98. The van der Waals surface area contributed by atoms with Gasteiger partial charge in [-0.3, -0.25) is 19.2 Å². The second kappa shape index (κ2) is 16.6. The maximum Gasteiger partial charge on any atom is 0.289 e. The van der Waals surface area contributed by atoms with Gasteiger partial charge in [0.2, 0.25) is 11.7 Å². The Bertz CT molecular complexity index is 1630. The van der Waals surface area contributed by atoms with Gasteiger partial charge in [-0.25, -0.2) is 0 Å². The van der Waals surface area contributed by atoms with Crippen molar-refractivity contribution in [3.8, 4) is 5.75 Å². The van der Waals surface area contributed by atoms with Gasteiger partial charge in [0.15, 0.2) is 0 Å². The van der Waals surface area contributed by atoms with Crippen LogP contribution in [0.15, 0.2) is 109 Å². The van der Waals surface area contributed by atoms with Crippen LogP contribution in [-0.4, -0.2) is 42.7 Å². The van der Waals surface area contributed by atoms with E-state index in [1.54, 1.807) is 31.4 Å². The highest BCUT2D eigenvalue weighted by atomic mass is 16.5. The van der Waals surface area contributed by atoms with Crippen molar-refractivity contribution in [3.63, 3.8) is 0 Å². The van der Waals surface area contributed by atoms with Crippen LogP contribution in [0.4, 0.5) is 11.4 Å². The summed E-state index contributed by atoms with van der Waals surface area (Å²) in [6.07, 6.45) is 0.421. The second-order valence-electron chi connectivity index (χ2n) is 11.3. The van der Waals surface area contributed by atoms with Crippen molar-refractivity contribution in [2.75, 3.05) is 12.4 Å². The molecule has 0 bridgehead atoms. The summed E-state index contributed by atoms with van der Waals surface area (Å²) in [7, 11) is 1.57. The molecule has 0 fully saturated rings. The molecule has 0 aliphatic carbocycles. The lowest BCUT2D eigenvalue weighted by atomic mass is 9.99. The van der Waals surface area contributed by atoms with Crippen molar-refractivity contribution in [1.82, 2.24) is 16.0 Å². The van der Waals surface area contributed by atoms with Crippen LogP contribution in [0.25, 0.3) is 0 Å². The molecule has 2 atom stereocenters. The number of rotatable bonds is 15. The topological polar surface area (TPSA) is 126 Å². The molecule has 0 spiro atoms. The first kappa shape index (κ1) is 33.5. The quantitative estimate of drug-likeness (QED) is 0.136. The molecule has 0 unspecified atom stereocenters. The number of ketones is 1. The number of hydrogen-bond donors (Lipinski definition) is 4. The van der Waals surface area contributed by atoms with E-state index in [1.165, 1.54) is 0 Å². The molecule has 4 N–H and O–H groups in total. The Kier molecular flexibility index (Phi) is 12.1. The number of benzene rings is 4. The molecular weight excluding hydrogens is 580 g/mol. The normalized spacial score (nSPS) is 12.0. The van der Waals surface area contributed by atoms with Gasteiger partial charge in [-0.1, -0.05) is 98.8 Å². The molecule has 0 aliphatic rings. The molecule has 3 amide bonds. The second-order valence-corrected chi connectivity index (χ2v) is 11.3.